The summed E-state index contributed by atoms with van der Waals surface area (Å²) in [6.07, 6.45) is 2.81. The van der Waals surface area contributed by atoms with Gasteiger partial charge in [-0.1, -0.05) is 43.7 Å². The van der Waals surface area contributed by atoms with Gasteiger partial charge < -0.3 is 10.7 Å². The second kappa shape index (κ2) is 5.36. The van der Waals surface area contributed by atoms with E-state index in [1.165, 1.54) is 5.56 Å². The zero-order valence-corrected chi connectivity index (χ0v) is 11.3. The second-order valence-electron chi connectivity index (χ2n) is 5.28. The summed E-state index contributed by atoms with van der Waals surface area (Å²) in [4.78, 5) is 7.71. The number of nitrogens with two attached hydrogens (primary N) is 1. The summed E-state index contributed by atoms with van der Waals surface area (Å²) in [6.45, 7) is 6.42. The highest BCUT2D eigenvalue weighted by molar-refractivity contribution is 5.58. The number of benzene rings is 1. The molecular weight excluding hydrogens is 222 g/mol. The van der Waals surface area contributed by atoms with Gasteiger partial charge in [0, 0.05) is 0 Å². The number of nitrogens with zero attached hydrogens (tertiary/aromatic N) is 1. The minimum Gasteiger partial charge on any atom is -0.341 e. The van der Waals surface area contributed by atoms with E-state index in [1.807, 2.05) is 6.20 Å². The third-order valence-electron chi connectivity index (χ3n) is 3.03. The van der Waals surface area contributed by atoms with E-state index < -0.39 is 0 Å². The van der Waals surface area contributed by atoms with Crippen LogP contribution in [0.4, 0.5) is 0 Å². The van der Waals surface area contributed by atoms with Crippen LogP contribution in [0.1, 0.15) is 37.7 Å². The lowest BCUT2D eigenvalue weighted by molar-refractivity contribution is 0.496. The molecule has 3 N–H and O–H groups in total. The summed E-state index contributed by atoms with van der Waals surface area (Å²) in [5.41, 5.74) is 9.56. The number of rotatable bonds is 4. The Balaban J connectivity index is 2.17. The summed E-state index contributed by atoms with van der Waals surface area (Å²) in [7, 11) is 0. The van der Waals surface area contributed by atoms with Crippen LogP contribution < -0.4 is 5.73 Å². The van der Waals surface area contributed by atoms with E-state index >= 15 is 0 Å². The topological polar surface area (TPSA) is 54.7 Å². The van der Waals surface area contributed by atoms with Crippen molar-refractivity contribution in [3.05, 3.63) is 41.9 Å². The van der Waals surface area contributed by atoms with Crippen molar-refractivity contribution in [2.45, 2.75) is 33.2 Å². The Hall–Kier alpha value is -1.61. The van der Waals surface area contributed by atoms with E-state index in [9.17, 15) is 0 Å². The first-order valence-electron chi connectivity index (χ1n) is 6.44. The number of H-pyrrole nitrogens is 1. The van der Waals surface area contributed by atoms with Crippen LogP contribution in [-0.2, 0) is 0 Å². The molecule has 1 aromatic heterocycles. The van der Waals surface area contributed by atoms with Crippen LogP contribution in [0.3, 0.4) is 0 Å². The molecule has 0 saturated heterocycles. The fourth-order valence-electron chi connectivity index (χ4n) is 2.02. The van der Waals surface area contributed by atoms with E-state index in [2.05, 4.69) is 55.0 Å². The maximum Gasteiger partial charge on any atom is 0.123 e. The fraction of sp³-hybridized carbons (Fsp3) is 0.400. The summed E-state index contributed by atoms with van der Waals surface area (Å²) < 4.78 is 0. The molecule has 0 fully saturated rings. The predicted molar refractivity (Wildman–Crippen MR) is 75.1 cm³/mol. The van der Waals surface area contributed by atoms with E-state index in [1.54, 1.807) is 0 Å². The molecule has 0 radical (unpaired) electrons. The van der Waals surface area contributed by atoms with E-state index in [4.69, 9.17) is 5.73 Å². The van der Waals surface area contributed by atoms with Crippen molar-refractivity contribution >= 4 is 0 Å². The molecule has 1 atom stereocenters. The van der Waals surface area contributed by atoms with Crippen LogP contribution in [0.25, 0.3) is 11.3 Å². The maximum absolute atomic E-state index is 6.12. The first kappa shape index (κ1) is 12.8. The molecule has 3 nitrogen and oxygen atoms in total. The van der Waals surface area contributed by atoms with Gasteiger partial charge in [0.2, 0.25) is 0 Å². The molecule has 0 amide bonds. The molecule has 2 rings (SSSR count). The second-order valence-corrected chi connectivity index (χ2v) is 5.28. The third kappa shape index (κ3) is 2.99. The molecule has 0 aliphatic rings. The highest BCUT2D eigenvalue weighted by Gasteiger charge is 2.12. The largest absolute Gasteiger partial charge is 0.341 e. The van der Waals surface area contributed by atoms with Crippen molar-refractivity contribution in [2.75, 3.05) is 0 Å². The number of aromatic nitrogens is 2. The number of nitrogens with one attached hydrogen (secondary N) is 1. The molecule has 1 aromatic carbocycles. The standard InChI is InChI=1S/C15H21N3/c1-10(2)8-13(16)15-17-9-14(18-15)12-6-4-11(3)5-7-12/h4-7,9-10,13H,8,16H2,1-3H3,(H,17,18). The lowest BCUT2D eigenvalue weighted by Gasteiger charge is -2.11. The number of aryl methyl sites for hydroxylation is 1. The zero-order chi connectivity index (χ0) is 13.1. The molecular formula is C15H21N3. The van der Waals surface area contributed by atoms with Crippen LogP contribution in [0, 0.1) is 12.8 Å². The van der Waals surface area contributed by atoms with Gasteiger partial charge in [-0.2, -0.15) is 0 Å². The van der Waals surface area contributed by atoms with Gasteiger partial charge in [-0.15, -0.1) is 0 Å². The molecule has 0 spiro atoms. The third-order valence-corrected chi connectivity index (χ3v) is 3.03. The number of aromatic amines is 1. The molecule has 1 heterocycles. The number of imidazole rings is 1. The van der Waals surface area contributed by atoms with Gasteiger partial charge in [0.15, 0.2) is 0 Å². The Morgan fingerprint density at radius 2 is 1.89 bits per heavy atom. The van der Waals surface area contributed by atoms with Gasteiger partial charge in [0.25, 0.3) is 0 Å². The van der Waals surface area contributed by atoms with Gasteiger partial charge in [-0.3, -0.25) is 0 Å². The number of hydrogen-bond donors (Lipinski definition) is 2. The molecule has 3 heteroatoms. The van der Waals surface area contributed by atoms with Gasteiger partial charge in [0.05, 0.1) is 17.9 Å². The van der Waals surface area contributed by atoms with Crippen molar-refractivity contribution in [3.8, 4) is 11.3 Å². The highest BCUT2D eigenvalue weighted by atomic mass is 15.0. The van der Waals surface area contributed by atoms with Crippen LogP contribution in [0.2, 0.25) is 0 Å². The lowest BCUT2D eigenvalue weighted by Crippen LogP contribution is -2.14. The molecule has 0 aliphatic carbocycles. The predicted octanol–water partition coefficient (Wildman–Crippen LogP) is 3.43. The van der Waals surface area contributed by atoms with Crippen LogP contribution >= 0.6 is 0 Å². The smallest absolute Gasteiger partial charge is 0.123 e. The minimum absolute atomic E-state index is 0.0100. The van der Waals surface area contributed by atoms with Crippen LogP contribution in [-0.4, -0.2) is 9.97 Å². The quantitative estimate of drug-likeness (QED) is 0.864. The molecule has 18 heavy (non-hydrogen) atoms. The average molecular weight is 243 g/mol. The highest BCUT2D eigenvalue weighted by Crippen LogP contribution is 2.21. The minimum atomic E-state index is -0.0100. The average Bonchev–Trinajstić information content (AvgIpc) is 2.78. The summed E-state index contributed by atoms with van der Waals surface area (Å²) >= 11 is 0. The van der Waals surface area contributed by atoms with E-state index in [0.29, 0.717) is 5.92 Å². The van der Waals surface area contributed by atoms with Crippen molar-refractivity contribution in [1.82, 2.24) is 9.97 Å². The normalized spacial score (nSPS) is 12.9. The Kier molecular flexibility index (Phi) is 3.82. The fourth-order valence-corrected chi connectivity index (χ4v) is 2.02. The van der Waals surface area contributed by atoms with Gasteiger partial charge >= 0.3 is 0 Å². The van der Waals surface area contributed by atoms with Gasteiger partial charge in [-0.25, -0.2) is 4.98 Å². The van der Waals surface area contributed by atoms with E-state index in [-0.39, 0.29) is 6.04 Å². The van der Waals surface area contributed by atoms with E-state index in [0.717, 1.165) is 23.5 Å². The zero-order valence-electron chi connectivity index (χ0n) is 11.3. The monoisotopic (exact) mass is 243 g/mol. The van der Waals surface area contributed by atoms with Gasteiger partial charge in [-0.05, 0) is 24.8 Å². The summed E-state index contributed by atoms with van der Waals surface area (Å²) in [5, 5.41) is 0. The summed E-state index contributed by atoms with van der Waals surface area (Å²) in [5.74, 6) is 1.45. The maximum atomic E-state index is 6.12. The van der Waals surface area contributed by atoms with Crippen molar-refractivity contribution in [1.29, 1.82) is 0 Å². The number of hydrogen-bond acceptors (Lipinski definition) is 2. The van der Waals surface area contributed by atoms with Crippen molar-refractivity contribution in [3.63, 3.8) is 0 Å². The summed E-state index contributed by atoms with van der Waals surface area (Å²) in [6, 6.07) is 8.39. The first-order chi connectivity index (χ1) is 8.56. The molecule has 1 unspecified atom stereocenters. The lowest BCUT2D eigenvalue weighted by atomic mass is 10.0. The Bertz CT molecular complexity index is 497. The van der Waals surface area contributed by atoms with Crippen molar-refractivity contribution < 1.29 is 0 Å². The molecule has 0 bridgehead atoms. The first-order valence-corrected chi connectivity index (χ1v) is 6.44. The SMILES string of the molecule is Cc1ccc(-c2cnc(C(N)CC(C)C)[nH]2)cc1. The van der Waals surface area contributed by atoms with Crippen LogP contribution in [0.5, 0.6) is 0 Å². The van der Waals surface area contributed by atoms with Crippen molar-refractivity contribution in [2.24, 2.45) is 11.7 Å². The van der Waals surface area contributed by atoms with Gasteiger partial charge in [0.1, 0.15) is 5.82 Å². The molecule has 96 valence electrons. The Labute approximate surface area is 108 Å². The molecule has 0 saturated carbocycles. The Morgan fingerprint density at radius 1 is 1.22 bits per heavy atom. The molecule has 0 aliphatic heterocycles. The van der Waals surface area contributed by atoms with Crippen LogP contribution in [0.15, 0.2) is 30.5 Å². The molecule has 2 aromatic rings. The Morgan fingerprint density at radius 3 is 2.50 bits per heavy atom.